The maximum atomic E-state index is 13.6. The van der Waals surface area contributed by atoms with Gasteiger partial charge in [0, 0.05) is 26.3 Å². The second-order valence-electron chi connectivity index (χ2n) is 5.72. The number of nitrogen functional groups attached to an aromatic ring is 1. The number of benzene rings is 1. The first-order valence-corrected chi connectivity index (χ1v) is 6.81. The van der Waals surface area contributed by atoms with Gasteiger partial charge < -0.3 is 15.0 Å². The Hall–Kier alpha value is -1.33. The molecule has 1 aromatic heterocycles. The van der Waals surface area contributed by atoms with Crippen molar-refractivity contribution in [2.45, 2.75) is 26.8 Å². The van der Waals surface area contributed by atoms with E-state index in [4.69, 9.17) is 22.1 Å². The fourth-order valence-corrected chi connectivity index (χ4v) is 2.35. The standard InChI is InChI=1S/C14H19ClFN3O/c1-14(2,4-5-20-3)8-19-12-7-10(16)9(15)6-11(12)18-13(19)17/h6-7H,4-5,8H2,1-3H3,(H2,17,18). The first-order valence-electron chi connectivity index (χ1n) is 6.44. The van der Waals surface area contributed by atoms with Crippen LogP contribution in [-0.4, -0.2) is 23.3 Å². The van der Waals surface area contributed by atoms with Gasteiger partial charge in [-0.05, 0) is 17.9 Å². The topological polar surface area (TPSA) is 53.1 Å². The fourth-order valence-electron chi connectivity index (χ4n) is 2.19. The van der Waals surface area contributed by atoms with Crippen LogP contribution in [0.3, 0.4) is 0 Å². The third kappa shape index (κ3) is 3.04. The molecule has 0 aliphatic rings. The molecule has 0 saturated heterocycles. The number of fused-ring (bicyclic) bond motifs is 1. The van der Waals surface area contributed by atoms with Crippen LogP contribution in [0.1, 0.15) is 20.3 Å². The maximum Gasteiger partial charge on any atom is 0.201 e. The van der Waals surface area contributed by atoms with Crippen LogP contribution in [0, 0.1) is 11.2 Å². The van der Waals surface area contributed by atoms with Crippen LogP contribution in [0.5, 0.6) is 0 Å². The van der Waals surface area contributed by atoms with Crippen molar-refractivity contribution >= 4 is 28.6 Å². The molecule has 0 radical (unpaired) electrons. The number of halogens is 2. The Morgan fingerprint density at radius 3 is 2.80 bits per heavy atom. The third-order valence-electron chi connectivity index (χ3n) is 3.39. The number of ether oxygens (including phenoxy) is 1. The molecule has 2 rings (SSSR count). The molecule has 0 bridgehead atoms. The summed E-state index contributed by atoms with van der Waals surface area (Å²) >= 11 is 5.77. The molecule has 1 aromatic carbocycles. The SMILES string of the molecule is COCCC(C)(C)Cn1c(N)nc2cc(Cl)c(F)cc21. The maximum absolute atomic E-state index is 13.6. The normalized spacial score (nSPS) is 12.2. The van der Waals surface area contributed by atoms with Crippen LogP contribution in [0.4, 0.5) is 10.3 Å². The Bertz CT molecular complexity index is 624. The summed E-state index contributed by atoms with van der Waals surface area (Å²) in [6.07, 6.45) is 0.874. The van der Waals surface area contributed by atoms with Crippen molar-refractivity contribution in [2.75, 3.05) is 19.5 Å². The van der Waals surface area contributed by atoms with Crippen LogP contribution in [-0.2, 0) is 11.3 Å². The van der Waals surface area contributed by atoms with E-state index in [1.165, 1.54) is 12.1 Å². The number of hydrogen-bond donors (Lipinski definition) is 1. The first-order chi connectivity index (χ1) is 9.34. The van der Waals surface area contributed by atoms with E-state index >= 15 is 0 Å². The van der Waals surface area contributed by atoms with Crippen molar-refractivity contribution in [3.63, 3.8) is 0 Å². The minimum Gasteiger partial charge on any atom is -0.385 e. The number of anilines is 1. The van der Waals surface area contributed by atoms with Gasteiger partial charge in [0.05, 0.1) is 16.1 Å². The van der Waals surface area contributed by atoms with Gasteiger partial charge in [0.2, 0.25) is 5.95 Å². The second kappa shape index (κ2) is 5.58. The van der Waals surface area contributed by atoms with E-state index in [9.17, 15) is 4.39 Å². The minimum absolute atomic E-state index is 0.0339. The number of rotatable bonds is 5. The largest absolute Gasteiger partial charge is 0.385 e. The lowest BCUT2D eigenvalue weighted by Crippen LogP contribution is -2.22. The molecule has 0 fully saturated rings. The molecule has 4 nitrogen and oxygen atoms in total. The lowest BCUT2D eigenvalue weighted by atomic mass is 9.89. The fraction of sp³-hybridized carbons (Fsp3) is 0.500. The van der Waals surface area contributed by atoms with Crippen LogP contribution in [0.2, 0.25) is 5.02 Å². The smallest absolute Gasteiger partial charge is 0.201 e. The van der Waals surface area contributed by atoms with E-state index in [-0.39, 0.29) is 10.4 Å². The highest BCUT2D eigenvalue weighted by Crippen LogP contribution is 2.29. The van der Waals surface area contributed by atoms with Crippen molar-refractivity contribution in [2.24, 2.45) is 5.41 Å². The lowest BCUT2D eigenvalue weighted by Gasteiger charge is -2.25. The van der Waals surface area contributed by atoms with E-state index in [0.717, 1.165) is 6.42 Å². The van der Waals surface area contributed by atoms with Crippen molar-refractivity contribution in [1.82, 2.24) is 9.55 Å². The van der Waals surface area contributed by atoms with Crippen molar-refractivity contribution in [3.05, 3.63) is 23.0 Å². The molecule has 0 spiro atoms. The lowest BCUT2D eigenvalue weighted by molar-refractivity contribution is 0.143. The third-order valence-corrected chi connectivity index (χ3v) is 3.68. The summed E-state index contributed by atoms with van der Waals surface area (Å²) in [6, 6.07) is 2.88. The minimum atomic E-state index is -0.463. The van der Waals surface area contributed by atoms with Gasteiger partial charge >= 0.3 is 0 Å². The molecule has 2 aromatic rings. The Balaban J connectivity index is 2.39. The molecule has 1 heterocycles. The van der Waals surface area contributed by atoms with E-state index in [2.05, 4.69) is 18.8 Å². The molecule has 6 heteroatoms. The first kappa shape index (κ1) is 15.1. The molecule has 2 N–H and O–H groups in total. The predicted octanol–water partition coefficient (Wildman–Crippen LogP) is 3.47. The summed E-state index contributed by atoms with van der Waals surface area (Å²) in [7, 11) is 1.68. The van der Waals surface area contributed by atoms with Crippen molar-refractivity contribution < 1.29 is 9.13 Å². The molecule has 0 aliphatic heterocycles. The molecule has 20 heavy (non-hydrogen) atoms. The Morgan fingerprint density at radius 2 is 2.15 bits per heavy atom. The zero-order valence-electron chi connectivity index (χ0n) is 11.9. The molecule has 110 valence electrons. The Morgan fingerprint density at radius 1 is 1.45 bits per heavy atom. The highest BCUT2D eigenvalue weighted by atomic mass is 35.5. The molecule has 0 unspecified atom stereocenters. The molecule has 0 amide bonds. The van der Waals surface area contributed by atoms with Crippen LogP contribution >= 0.6 is 11.6 Å². The Kier molecular flexibility index (Phi) is 4.20. The van der Waals surface area contributed by atoms with E-state index in [1.54, 1.807) is 7.11 Å². The molecular weight excluding hydrogens is 281 g/mol. The van der Waals surface area contributed by atoms with Crippen molar-refractivity contribution in [3.8, 4) is 0 Å². The van der Waals surface area contributed by atoms with Gasteiger partial charge in [-0.25, -0.2) is 9.37 Å². The summed E-state index contributed by atoms with van der Waals surface area (Å²) < 4.78 is 20.6. The summed E-state index contributed by atoms with van der Waals surface area (Å²) in [4.78, 5) is 4.24. The zero-order valence-corrected chi connectivity index (χ0v) is 12.7. The summed E-state index contributed by atoms with van der Waals surface area (Å²) in [5.41, 5.74) is 7.18. The number of methoxy groups -OCH3 is 1. The molecule has 0 aliphatic carbocycles. The summed E-state index contributed by atoms with van der Waals surface area (Å²) in [5.74, 6) is -0.0952. The molecule has 0 saturated carbocycles. The van der Waals surface area contributed by atoms with Gasteiger partial charge in [-0.1, -0.05) is 25.4 Å². The number of imidazole rings is 1. The zero-order chi connectivity index (χ0) is 14.9. The highest BCUT2D eigenvalue weighted by molar-refractivity contribution is 6.31. The number of nitrogens with zero attached hydrogens (tertiary/aromatic N) is 2. The average molecular weight is 300 g/mol. The number of aromatic nitrogens is 2. The van der Waals surface area contributed by atoms with Gasteiger partial charge in [-0.3, -0.25) is 0 Å². The predicted molar refractivity (Wildman–Crippen MR) is 79.4 cm³/mol. The molecule has 0 atom stereocenters. The van der Waals surface area contributed by atoms with Gasteiger partial charge in [-0.2, -0.15) is 0 Å². The van der Waals surface area contributed by atoms with E-state index < -0.39 is 5.82 Å². The van der Waals surface area contributed by atoms with Gasteiger partial charge in [0.1, 0.15) is 5.82 Å². The van der Waals surface area contributed by atoms with Gasteiger partial charge in [-0.15, -0.1) is 0 Å². The summed E-state index contributed by atoms with van der Waals surface area (Å²) in [5, 5.41) is 0.0563. The van der Waals surface area contributed by atoms with Gasteiger partial charge in [0.25, 0.3) is 0 Å². The van der Waals surface area contributed by atoms with E-state index in [1.807, 2.05) is 4.57 Å². The monoisotopic (exact) mass is 299 g/mol. The quantitative estimate of drug-likeness (QED) is 0.919. The summed E-state index contributed by atoms with van der Waals surface area (Å²) in [6.45, 7) is 5.53. The second-order valence-corrected chi connectivity index (χ2v) is 6.13. The highest BCUT2D eigenvalue weighted by Gasteiger charge is 2.22. The number of hydrogen-bond acceptors (Lipinski definition) is 3. The van der Waals surface area contributed by atoms with Crippen LogP contribution in [0.15, 0.2) is 12.1 Å². The van der Waals surface area contributed by atoms with Crippen LogP contribution < -0.4 is 5.73 Å². The molecular formula is C14H19ClFN3O. The van der Waals surface area contributed by atoms with E-state index in [0.29, 0.717) is 30.1 Å². The van der Waals surface area contributed by atoms with Crippen LogP contribution in [0.25, 0.3) is 11.0 Å². The van der Waals surface area contributed by atoms with Crippen molar-refractivity contribution in [1.29, 1.82) is 0 Å². The van der Waals surface area contributed by atoms with Gasteiger partial charge in [0.15, 0.2) is 0 Å². The Labute approximate surface area is 122 Å². The average Bonchev–Trinajstić information content (AvgIpc) is 2.64. The number of nitrogens with two attached hydrogens (primary N) is 1.